The Bertz CT molecular complexity index is 2430. The predicted molar refractivity (Wildman–Crippen MR) is 427 cm³/mol. The van der Waals surface area contributed by atoms with Gasteiger partial charge in [-0.1, -0.05) is 220 Å². The first-order valence-corrected chi connectivity index (χ1v) is 45.5. The highest BCUT2D eigenvalue weighted by Gasteiger charge is 2.49. The molecule has 1 heterocycles. The van der Waals surface area contributed by atoms with Gasteiger partial charge in [-0.25, -0.2) is 9.13 Å². The van der Waals surface area contributed by atoms with Crippen LogP contribution in [-0.4, -0.2) is 181 Å². The van der Waals surface area contributed by atoms with Gasteiger partial charge < -0.3 is 69.5 Å². The molecule has 109 heavy (non-hydrogen) atoms. The van der Waals surface area contributed by atoms with Gasteiger partial charge in [0.05, 0.1) is 70.4 Å². The van der Waals surface area contributed by atoms with Gasteiger partial charge >= 0.3 is 27.6 Å². The number of hydrogen-bond donors (Lipinski definition) is 9. The van der Waals surface area contributed by atoms with Crippen LogP contribution in [0.3, 0.4) is 0 Å². The maximum Gasteiger partial charge on any atom is 0.472 e. The summed E-state index contributed by atoms with van der Waals surface area (Å²) in [6, 6.07) is -1.86. The fourth-order valence-electron chi connectivity index (χ4n) is 12.4. The Labute approximate surface area is 657 Å². The summed E-state index contributed by atoms with van der Waals surface area (Å²) >= 11 is 0. The van der Waals surface area contributed by atoms with Gasteiger partial charge in [-0.2, -0.15) is 0 Å². The summed E-state index contributed by atoms with van der Waals surface area (Å²) in [6.45, 7) is 13.1. The summed E-state index contributed by atoms with van der Waals surface area (Å²) in [7, 11) is -9.71. The number of ether oxygens (including phenoxy) is 6. The second-order valence-corrected chi connectivity index (χ2v) is 32.7. The molecular weight excluding hydrogens is 1440 g/mol. The van der Waals surface area contributed by atoms with Crippen LogP contribution in [0.4, 0.5) is 0 Å². The van der Waals surface area contributed by atoms with E-state index in [-0.39, 0.29) is 77.1 Å². The molecule has 1 rings (SSSR count). The predicted octanol–water partition coefficient (Wildman–Crippen LogP) is 15.7. The largest absolute Gasteiger partial charge is 0.472 e. The lowest BCUT2D eigenvalue weighted by Crippen LogP contribution is -2.48. The number of allylic oxidation sites excluding steroid dienone is 4. The van der Waals surface area contributed by atoms with Crippen LogP contribution in [0.5, 0.6) is 0 Å². The SMILES string of the molecule is CCCCCCC=CCCCC(=O)O[C@H](CCCCCCC)CC(=O)NC(COCCC(O)CCCCCCC)COP(=O)(O)OCCNC(=O)C1OC(C)(C)OC1C(=O)NCCOP(=O)(O)OCC(COCCC(O)CCCCCCC)NC(O)C[C@@H](CCCCCCC)OC(=O)CCCC=CCCCCCC. The van der Waals surface area contributed by atoms with Crippen LogP contribution < -0.4 is 21.3 Å². The molecule has 0 radical (unpaired) electrons. The van der Waals surface area contributed by atoms with E-state index >= 15 is 0 Å². The average molecular weight is 1600 g/mol. The summed E-state index contributed by atoms with van der Waals surface area (Å²) < 4.78 is 83.2. The van der Waals surface area contributed by atoms with Crippen molar-refractivity contribution in [3.05, 3.63) is 24.3 Å². The third-order valence-corrected chi connectivity index (χ3v) is 20.7. The van der Waals surface area contributed by atoms with Gasteiger partial charge in [-0.15, -0.1) is 0 Å². The van der Waals surface area contributed by atoms with Gasteiger partial charge in [0.25, 0.3) is 11.8 Å². The van der Waals surface area contributed by atoms with E-state index in [9.17, 15) is 58.2 Å². The van der Waals surface area contributed by atoms with E-state index in [1.165, 1.54) is 52.4 Å². The van der Waals surface area contributed by atoms with E-state index in [0.717, 1.165) is 167 Å². The Morgan fingerprint density at radius 3 is 1.21 bits per heavy atom. The van der Waals surface area contributed by atoms with Crippen LogP contribution in [0.25, 0.3) is 0 Å². The molecule has 0 spiro atoms. The number of rotatable bonds is 77. The molecule has 0 bridgehead atoms. The lowest BCUT2D eigenvalue weighted by molar-refractivity contribution is -0.159. The first-order chi connectivity index (χ1) is 52.4. The van der Waals surface area contributed by atoms with E-state index in [2.05, 4.69) is 87.1 Å². The van der Waals surface area contributed by atoms with Gasteiger partial charge in [0.15, 0.2) is 18.0 Å². The number of unbranched alkanes of at least 4 members (excludes halogenated alkanes) is 26. The number of phosphoric ester groups is 2. The first-order valence-electron chi connectivity index (χ1n) is 42.5. The van der Waals surface area contributed by atoms with Crippen molar-refractivity contribution >= 4 is 45.3 Å². The summed E-state index contributed by atoms with van der Waals surface area (Å²) in [5.74, 6) is -4.35. The second kappa shape index (κ2) is 68.0. The summed E-state index contributed by atoms with van der Waals surface area (Å²) in [6.07, 6.45) is 39.4. The number of esters is 2. The van der Waals surface area contributed by atoms with E-state index in [4.69, 9.17) is 46.5 Å². The average Bonchev–Trinajstić information content (AvgIpc) is 1.66. The molecule has 9 N–H and O–H groups in total. The zero-order valence-corrected chi connectivity index (χ0v) is 70.5. The highest BCUT2D eigenvalue weighted by atomic mass is 31.2. The Kier molecular flexibility index (Phi) is 64.7. The second-order valence-electron chi connectivity index (χ2n) is 29.8. The maximum atomic E-state index is 13.8. The molecule has 3 amide bonds. The van der Waals surface area contributed by atoms with Crippen molar-refractivity contribution in [2.45, 2.75) is 399 Å². The Morgan fingerprint density at radius 1 is 0.431 bits per heavy atom. The van der Waals surface area contributed by atoms with Gasteiger partial charge in [-0.3, -0.25) is 47.4 Å². The van der Waals surface area contributed by atoms with E-state index < -0.39 is 121 Å². The molecule has 0 saturated carbocycles. The van der Waals surface area contributed by atoms with Crippen LogP contribution in [-0.2, 0) is 79.6 Å². The standard InChI is InChI=1S/C81H154N4O22P2/c1-9-15-21-27-29-31-33-39-45-51-75(90)104-71(49-43-37-25-19-13-5)61-73(88)84-67(63-98-57-53-69(86)47-41-35-23-17-11-3)65-102-108(94,95)100-59-55-82-79(92)77-78(107-81(7,8)106-77)80(93)83-56-60-101-109(96,97)103-66-68(64-99-58-54-70(87)48-42-36-24-18-12-4)85-74(89)62-72(50-44-38-26-20-14-6)105-76(91)52-46-40-34-32-30-28-22-16-10-2/h31-34,67-73,77-78,84,86-88H,9-30,35-66H2,1-8H3,(H,82,92)(H,83,93)(H,85,89)(H,94,95)(H,96,97)/t67?,68?,69?,70?,71-,72-,73?,77?,78?/m1/s1. The summed E-state index contributed by atoms with van der Waals surface area (Å²) in [5, 5.41) is 43.6. The van der Waals surface area contributed by atoms with Crippen LogP contribution in [0.15, 0.2) is 24.3 Å². The van der Waals surface area contributed by atoms with Gasteiger partial charge in [0, 0.05) is 45.6 Å². The number of phosphoric acid groups is 2. The normalized spacial score (nSPS) is 17.5. The van der Waals surface area contributed by atoms with E-state index in [1.54, 1.807) is 0 Å². The topological polar surface area (TPSA) is 361 Å². The number of nitrogens with one attached hydrogen (secondary N) is 4. The summed E-state index contributed by atoms with van der Waals surface area (Å²) in [4.78, 5) is 88.9. The fourth-order valence-corrected chi connectivity index (χ4v) is 13.9. The molecular formula is C81H154N4O22P2. The minimum Gasteiger partial charge on any atom is -0.462 e. The zero-order valence-electron chi connectivity index (χ0n) is 68.8. The molecule has 0 aliphatic carbocycles. The molecule has 1 saturated heterocycles. The van der Waals surface area contributed by atoms with Crippen LogP contribution in [0.1, 0.15) is 338 Å². The third kappa shape index (κ3) is 60.9. The Balaban J connectivity index is 3.04. The van der Waals surface area contributed by atoms with Crippen molar-refractivity contribution in [3.63, 3.8) is 0 Å². The Hall–Kier alpha value is -3.27. The third-order valence-electron chi connectivity index (χ3n) is 18.7. The molecule has 0 aromatic carbocycles. The highest BCUT2D eigenvalue weighted by Crippen LogP contribution is 2.44. The smallest absolute Gasteiger partial charge is 0.462 e. The number of carbonyl (C=O) groups is 5. The van der Waals surface area contributed by atoms with Crippen molar-refractivity contribution in [1.29, 1.82) is 0 Å². The molecule has 0 aromatic heterocycles. The minimum absolute atomic E-state index is 0.0303. The van der Waals surface area contributed by atoms with Crippen molar-refractivity contribution in [2.24, 2.45) is 0 Å². The molecule has 640 valence electrons. The monoisotopic (exact) mass is 1600 g/mol. The first kappa shape index (κ1) is 104. The van der Waals surface area contributed by atoms with Crippen LogP contribution in [0.2, 0.25) is 0 Å². The van der Waals surface area contributed by atoms with Crippen molar-refractivity contribution in [2.75, 3.05) is 65.9 Å². The summed E-state index contributed by atoms with van der Waals surface area (Å²) in [5.41, 5.74) is 0. The number of amides is 3. The van der Waals surface area contributed by atoms with Crippen molar-refractivity contribution in [1.82, 2.24) is 21.3 Å². The molecule has 9 unspecified atom stereocenters. The lowest BCUT2D eigenvalue weighted by atomic mass is 10.0. The molecule has 28 heteroatoms. The minimum atomic E-state index is -4.87. The quantitative estimate of drug-likeness (QED) is 0.00898. The lowest BCUT2D eigenvalue weighted by Gasteiger charge is -2.26. The molecule has 0 aromatic rings. The molecule has 11 atom stereocenters. The molecule has 26 nitrogen and oxygen atoms in total. The molecule has 1 fully saturated rings. The van der Waals surface area contributed by atoms with Crippen LogP contribution >= 0.6 is 15.6 Å². The van der Waals surface area contributed by atoms with Gasteiger partial charge in [0.2, 0.25) is 5.91 Å². The van der Waals surface area contributed by atoms with Crippen molar-refractivity contribution < 1.29 is 105 Å². The van der Waals surface area contributed by atoms with E-state index in [1.807, 2.05) is 0 Å². The zero-order chi connectivity index (χ0) is 80.5. The number of aliphatic hydroxyl groups excluding tert-OH is 3. The van der Waals surface area contributed by atoms with Crippen molar-refractivity contribution in [3.8, 4) is 0 Å². The fraction of sp³-hybridized carbons (Fsp3) is 0.889. The molecule has 1 aliphatic rings. The molecule has 1 aliphatic heterocycles. The highest BCUT2D eigenvalue weighted by molar-refractivity contribution is 7.47. The van der Waals surface area contributed by atoms with Crippen LogP contribution in [0, 0.1) is 0 Å². The van der Waals surface area contributed by atoms with Gasteiger partial charge in [-0.05, 0) is 117 Å². The van der Waals surface area contributed by atoms with Gasteiger partial charge in [0.1, 0.15) is 18.4 Å². The Morgan fingerprint density at radius 2 is 0.789 bits per heavy atom. The maximum absolute atomic E-state index is 13.8. The number of carbonyl (C=O) groups excluding carboxylic acids is 5. The number of hydrogen-bond acceptors (Lipinski definition) is 21. The number of aliphatic hydroxyl groups is 3. The van der Waals surface area contributed by atoms with E-state index in [0.29, 0.717) is 51.4 Å².